The van der Waals surface area contributed by atoms with Gasteiger partial charge in [0.2, 0.25) is 0 Å². The van der Waals surface area contributed by atoms with E-state index in [0.29, 0.717) is 18.7 Å². The van der Waals surface area contributed by atoms with Gasteiger partial charge in [-0.1, -0.05) is 34.1 Å². The van der Waals surface area contributed by atoms with Crippen LogP contribution in [0.3, 0.4) is 0 Å². The maximum Gasteiger partial charge on any atom is 0.189 e. The van der Waals surface area contributed by atoms with Crippen LogP contribution in [-0.4, -0.2) is 31.8 Å². The molecule has 0 radical (unpaired) electrons. The molecule has 7 heteroatoms. The Morgan fingerprint density at radius 1 is 1.38 bits per heavy atom. The molecular weight excluding hydrogens is 396 g/mol. The van der Waals surface area contributed by atoms with Crippen LogP contribution in [0.2, 0.25) is 0 Å². The smallest absolute Gasteiger partial charge is 0.189 e. The van der Waals surface area contributed by atoms with Crippen LogP contribution < -0.4 is 10.0 Å². The van der Waals surface area contributed by atoms with Gasteiger partial charge < -0.3 is 20.2 Å². The van der Waals surface area contributed by atoms with Crippen LogP contribution in [0.4, 0.5) is 0 Å². The predicted molar refractivity (Wildman–Crippen MR) is 95.0 cm³/mol. The van der Waals surface area contributed by atoms with Crippen LogP contribution in [0.5, 0.6) is 0 Å². The highest BCUT2D eigenvalue weighted by molar-refractivity contribution is 9.10. The van der Waals surface area contributed by atoms with Crippen LogP contribution in [0.15, 0.2) is 40.4 Å². The number of aliphatic carboxylic acids is 1. The highest BCUT2D eigenvalue weighted by Gasteiger charge is 2.58. The summed E-state index contributed by atoms with van der Waals surface area (Å²) < 4.78 is 0.738. The zero-order valence-corrected chi connectivity index (χ0v) is 15.7. The molecule has 1 aromatic carbocycles. The van der Waals surface area contributed by atoms with Crippen molar-refractivity contribution in [3.05, 3.63) is 46.0 Å². The molecule has 1 fully saturated rings. The number of benzene rings is 1. The Hall–Kier alpha value is -2.48. The minimum atomic E-state index is -1.85. The summed E-state index contributed by atoms with van der Waals surface area (Å²) in [5.41, 5.74) is -0.927. The van der Waals surface area contributed by atoms with Crippen molar-refractivity contribution in [1.82, 2.24) is 0 Å². The van der Waals surface area contributed by atoms with Crippen LogP contribution >= 0.6 is 15.9 Å². The molecule has 1 aliphatic heterocycles. The normalized spacial score (nSPS) is 29.7. The zero-order valence-electron chi connectivity index (χ0n) is 14.1. The molecule has 1 aromatic rings. The number of carboxylic acids is 1. The molecule has 6 nitrogen and oxygen atoms in total. The van der Waals surface area contributed by atoms with Crippen molar-refractivity contribution >= 4 is 27.6 Å². The van der Waals surface area contributed by atoms with E-state index in [4.69, 9.17) is 5.41 Å². The minimum Gasteiger partial charge on any atom is -0.549 e. The van der Waals surface area contributed by atoms with Gasteiger partial charge in [-0.25, -0.2) is 0 Å². The number of likely N-dealkylation sites (N-methyl/N-ethyl adjacent to an activating group) is 1. The lowest BCUT2D eigenvalue weighted by molar-refractivity contribution is -0.878. The Kier molecular flexibility index (Phi) is 4.70. The van der Waals surface area contributed by atoms with Crippen LogP contribution in [0, 0.1) is 45.3 Å². The number of hydrogen-bond acceptors (Lipinski definition) is 5. The number of nitrogens with one attached hydrogen (secondary N) is 2. The quantitative estimate of drug-likeness (QED) is 0.666. The summed E-state index contributed by atoms with van der Waals surface area (Å²) in [5.74, 6) is -3.71. The highest BCUT2D eigenvalue weighted by Crippen LogP contribution is 2.53. The molecule has 1 aliphatic carbocycles. The zero-order chi connectivity index (χ0) is 19.1. The summed E-state index contributed by atoms with van der Waals surface area (Å²) in [4.78, 5) is 13.0. The summed E-state index contributed by atoms with van der Waals surface area (Å²) in [7, 11) is 1.98. The van der Waals surface area contributed by atoms with Crippen LogP contribution in [0.25, 0.3) is 0 Å². The third-order valence-corrected chi connectivity index (χ3v) is 6.15. The molecule has 0 aromatic heterocycles. The van der Waals surface area contributed by atoms with E-state index in [2.05, 4.69) is 15.9 Å². The van der Waals surface area contributed by atoms with Crippen molar-refractivity contribution in [1.29, 1.82) is 15.9 Å². The summed E-state index contributed by atoms with van der Waals surface area (Å²) in [5, 5.41) is 40.1. The van der Waals surface area contributed by atoms with E-state index in [1.807, 2.05) is 49.5 Å². The molecule has 0 bridgehead atoms. The molecule has 4 atom stereocenters. The fourth-order valence-corrected chi connectivity index (χ4v) is 4.77. The lowest BCUT2D eigenvalue weighted by Crippen LogP contribution is -3.10. The van der Waals surface area contributed by atoms with Crippen molar-refractivity contribution in [3.63, 3.8) is 0 Å². The Labute approximate surface area is 160 Å². The van der Waals surface area contributed by atoms with Gasteiger partial charge in [-0.2, -0.15) is 10.5 Å². The van der Waals surface area contributed by atoms with Gasteiger partial charge in [0.25, 0.3) is 0 Å². The molecule has 132 valence electrons. The van der Waals surface area contributed by atoms with E-state index in [9.17, 15) is 20.4 Å². The fraction of sp³-hybridized carbons (Fsp3) is 0.368. The first kappa shape index (κ1) is 18.3. The Morgan fingerprint density at radius 2 is 2.04 bits per heavy atom. The van der Waals surface area contributed by atoms with Crippen molar-refractivity contribution in [2.45, 2.75) is 5.92 Å². The molecule has 26 heavy (non-hydrogen) atoms. The molecule has 3 rings (SSSR count). The van der Waals surface area contributed by atoms with E-state index in [1.165, 1.54) is 0 Å². The second-order valence-corrected chi connectivity index (χ2v) is 7.73. The molecule has 0 amide bonds. The molecule has 2 N–H and O–H groups in total. The molecule has 0 saturated heterocycles. The monoisotopic (exact) mass is 412 g/mol. The van der Waals surface area contributed by atoms with Gasteiger partial charge >= 0.3 is 0 Å². The highest BCUT2D eigenvalue weighted by atomic mass is 79.9. The average molecular weight is 413 g/mol. The standard InChI is InChI=1S/C19H17BrN4O2/c1-24-7-6-11-13(8-24)16(12-4-2-3-5-14(12)20)19(9-21,10-22)17(23)15(11)18(25)26/h2-6,13,15-16,23H,7-8H2,1H3,(H,25,26)/t13-,15?,16+/m1/s1. The second-order valence-electron chi connectivity index (χ2n) is 6.87. The number of carbonyl (C=O) groups is 1. The van der Waals surface area contributed by atoms with E-state index >= 15 is 0 Å². The number of nitriles is 2. The van der Waals surface area contributed by atoms with Gasteiger partial charge in [0.1, 0.15) is 0 Å². The van der Waals surface area contributed by atoms with Crippen molar-refractivity contribution in [2.75, 3.05) is 20.1 Å². The first-order valence-corrected chi connectivity index (χ1v) is 9.04. The Bertz CT molecular complexity index is 882. The SMILES string of the molecule is C[NH+]1CC=C2C(C(=O)[O-])C(=N)C(C#N)(C#N)[C@@H](c3ccccc3Br)[C@@H]2C1. The summed E-state index contributed by atoms with van der Waals surface area (Å²) >= 11 is 3.49. The topological polar surface area (TPSA) is 116 Å². The number of halogens is 1. The first-order chi connectivity index (χ1) is 12.4. The lowest BCUT2D eigenvalue weighted by atomic mass is 9.54. The number of carboxylic acid groups (broad SMARTS) is 1. The Balaban J connectivity index is 2.31. The second kappa shape index (κ2) is 6.68. The molecular formula is C19H17BrN4O2. The lowest BCUT2D eigenvalue weighted by Gasteiger charge is -2.48. The van der Waals surface area contributed by atoms with Crippen LogP contribution in [0.1, 0.15) is 11.5 Å². The maximum absolute atomic E-state index is 11.8. The van der Waals surface area contributed by atoms with Crippen molar-refractivity contribution < 1.29 is 14.8 Å². The van der Waals surface area contributed by atoms with Crippen LogP contribution in [-0.2, 0) is 4.79 Å². The van der Waals surface area contributed by atoms with Crippen molar-refractivity contribution in [3.8, 4) is 12.1 Å². The van der Waals surface area contributed by atoms with Gasteiger partial charge in [-0.3, -0.25) is 0 Å². The third kappa shape index (κ3) is 2.56. The number of nitrogens with zero attached hydrogens (tertiary/aromatic N) is 2. The number of carbonyl (C=O) groups excluding carboxylic acids is 1. The fourth-order valence-electron chi connectivity index (χ4n) is 4.24. The average Bonchev–Trinajstić information content (AvgIpc) is 2.61. The largest absolute Gasteiger partial charge is 0.549 e. The van der Waals surface area contributed by atoms with E-state index in [-0.39, 0.29) is 5.92 Å². The number of rotatable bonds is 2. The van der Waals surface area contributed by atoms with Crippen molar-refractivity contribution in [2.24, 2.45) is 17.3 Å². The van der Waals surface area contributed by atoms with E-state index < -0.39 is 28.9 Å². The molecule has 2 unspecified atom stereocenters. The first-order valence-electron chi connectivity index (χ1n) is 8.25. The van der Waals surface area contributed by atoms with Gasteiger partial charge in [0.15, 0.2) is 5.41 Å². The molecule has 2 aliphatic rings. The van der Waals surface area contributed by atoms with Gasteiger partial charge in [0, 0.05) is 16.3 Å². The number of fused-ring (bicyclic) bond motifs is 1. The maximum atomic E-state index is 11.8. The van der Waals surface area contributed by atoms with E-state index in [0.717, 1.165) is 14.9 Å². The summed E-state index contributed by atoms with van der Waals surface area (Å²) in [6.07, 6.45) is 1.83. The van der Waals surface area contributed by atoms with Gasteiger partial charge in [-0.05, 0) is 23.3 Å². The number of quaternary nitrogens is 1. The summed E-state index contributed by atoms with van der Waals surface area (Å²) in [6, 6.07) is 11.3. The van der Waals surface area contributed by atoms with Gasteiger partial charge in [-0.15, -0.1) is 0 Å². The van der Waals surface area contributed by atoms with Gasteiger partial charge in [0.05, 0.1) is 49.9 Å². The molecule has 1 saturated carbocycles. The Morgan fingerprint density at radius 3 is 2.62 bits per heavy atom. The van der Waals surface area contributed by atoms with E-state index in [1.54, 1.807) is 0 Å². The minimum absolute atomic E-state index is 0.334. The third-order valence-electron chi connectivity index (χ3n) is 5.43. The molecule has 0 spiro atoms. The molecule has 1 heterocycles. The predicted octanol–water partition coefficient (Wildman–Crippen LogP) is 0.0366. The number of hydrogen-bond donors (Lipinski definition) is 2. The summed E-state index contributed by atoms with van der Waals surface area (Å²) in [6.45, 7) is 1.22.